The minimum absolute atomic E-state index is 0.0733. The Morgan fingerprint density at radius 2 is 1.93 bits per heavy atom. The van der Waals surface area contributed by atoms with E-state index in [1.165, 1.54) is 6.07 Å². The van der Waals surface area contributed by atoms with E-state index in [0.717, 1.165) is 11.3 Å². The summed E-state index contributed by atoms with van der Waals surface area (Å²) in [5, 5.41) is 2.84. The number of amides is 2. The molecule has 0 spiro atoms. The van der Waals surface area contributed by atoms with Gasteiger partial charge in [0.2, 0.25) is 0 Å². The molecule has 1 atom stereocenters. The van der Waals surface area contributed by atoms with Crippen LogP contribution in [0.2, 0.25) is 0 Å². The minimum Gasteiger partial charge on any atom is -0.497 e. The van der Waals surface area contributed by atoms with Crippen LogP contribution >= 0.6 is 0 Å². The second-order valence-corrected chi connectivity index (χ2v) is 9.79. The Balaban J connectivity index is 1.64. The third-order valence-electron chi connectivity index (χ3n) is 5.30. The van der Waals surface area contributed by atoms with Gasteiger partial charge in [-0.25, -0.2) is 17.6 Å². The number of urea groups is 1. The fraction of sp³-hybridized carbons (Fsp3) is 0.409. The molecule has 8 heteroatoms. The lowest BCUT2D eigenvalue weighted by Gasteiger charge is -2.24. The lowest BCUT2D eigenvalue weighted by molar-refractivity contribution is 0.193. The summed E-state index contributed by atoms with van der Waals surface area (Å²) in [7, 11) is -1.39. The predicted octanol–water partition coefficient (Wildman–Crippen LogP) is 3.02. The first kappa shape index (κ1) is 22.1. The van der Waals surface area contributed by atoms with Crippen LogP contribution in [0.25, 0.3) is 0 Å². The van der Waals surface area contributed by atoms with Crippen molar-refractivity contribution in [3.63, 3.8) is 0 Å². The van der Waals surface area contributed by atoms with Crippen LogP contribution in [0.5, 0.6) is 5.75 Å². The molecule has 2 amide bonds. The quantitative estimate of drug-likeness (QED) is 0.693. The number of sulfone groups is 1. The third kappa shape index (κ3) is 6.19. The van der Waals surface area contributed by atoms with Crippen LogP contribution in [0.3, 0.4) is 0 Å². The number of nitrogens with one attached hydrogen (secondary N) is 1. The van der Waals surface area contributed by atoms with Gasteiger partial charge in [-0.1, -0.05) is 30.3 Å². The molecule has 1 unspecified atom stereocenters. The molecule has 2 aromatic rings. The van der Waals surface area contributed by atoms with Gasteiger partial charge in [-0.05, 0) is 42.5 Å². The van der Waals surface area contributed by atoms with Gasteiger partial charge in [-0.3, -0.25) is 0 Å². The van der Waals surface area contributed by atoms with Gasteiger partial charge in [0.15, 0.2) is 9.84 Å². The van der Waals surface area contributed by atoms with Crippen molar-refractivity contribution in [3.8, 4) is 5.75 Å². The van der Waals surface area contributed by atoms with Crippen molar-refractivity contribution in [2.24, 2.45) is 5.92 Å². The van der Waals surface area contributed by atoms with Crippen molar-refractivity contribution in [1.29, 1.82) is 0 Å². The van der Waals surface area contributed by atoms with E-state index < -0.39 is 9.84 Å². The minimum atomic E-state index is -2.99. The SMILES string of the molecule is COc1ccc(CCN(Cc2ccccc2F)C(=O)NCC2CCS(=O)(=O)C2)cc1. The summed E-state index contributed by atoms with van der Waals surface area (Å²) in [5.74, 6) is 0.597. The van der Waals surface area contributed by atoms with Crippen molar-refractivity contribution in [2.45, 2.75) is 19.4 Å². The Kier molecular flexibility index (Phi) is 7.31. The lowest BCUT2D eigenvalue weighted by Crippen LogP contribution is -2.42. The zero-order valence-electron chi connectivity index (χ0n) is 17.0. The van der Waals surface area contributed by atoms with Crippen molar-refractivity contribution < 1.29 is 22.3 Å². The van der Waals surface area contributed by atoms with Crippen molar-refractivity contribution >= 4 is 15.9 Å². The van der Waals surface area contributed by atoms with E-state index >= 15 is 0 Å². The van der Waals surface area contributed by atoms with Gasteiger partial charge in [0.05, 0.1) is 25.2 Å². The maximum Gasteiger partial charge on any atom is 0.317 e. The van der Waals surface area contributed by atoms with Crippen LogP contribution in [-0.2, 0) is 22.8 Å². The fourth-order valence-electron chi connectivity index (χ4n) is 3.52. The standard InChI is InChI=1S/C22H27FN2O4S/c1-29-20-8-6-17(7-9-20)10-12-25(15-19-4-2-3-5-21(19)23)22(26)24-14-18-11-13-30(27,28)16-18/h2-9,18H,10-16H2,1H3,(H,24,26). The molecule has 0 saturated carbocycles. The van der Waals surface area contributed by atoms with Crippen molar-refractivity contribution in [1.82, 2.24) is 10.2 Å². The lowest BCUT2D eigenvalue weighted by atomic mass is 10.1. The molecule has 1 aliphatic rings. The van der Waals surface area contributed by atoms with E-state index in [1.807, 2.05) is 24.3 Å². The maximum atomic E-state index is 14.1. The van der Waals surface area contributed by atoms with Gasteiger partial charge in [0.25, 0.3) is 0 Å². The van der Waals surface area contributed by atoms with E-state index in [-0.39, 0.29) is 35.8 Å². The Morgan fingerprint density at radius 3 is 2.57 bits per heavy atom. The molecule has 0 aromatic heterocycles. The zero-order valence-corrected chi connectivity index (χ0v) is 17.8. The predicted molar refractivity (Wildman–Crippen MR) is 114 cm³/mol. The molecular formula is C22H27FN2O4S. The van der Waals surface area contributed by atoms with Crippen molar-refractivity contribution in [3.05, 3.63) is 65.5 Å². The van der Waals surface area contributed by atoms with Gasteiger partial charge in [0, 0.05) is 18.7 Å². The van der Waals surface area contributed by atoms with Crippen LogP contribution in [-0.4, -0.2) is 51.1 Å². The number of rotatable bonds is 8. The van der Waals surface area contributed by atoms with Gasteiger partial charge in [-0.15, -0.1) is 0 Å². The first-order valence-corrected chi connectivity index (χ1v) is 11.8. The molecule has 1 heterocycles. The first-order chi connectivity index (χ1) is 14.4. The molecule has 0 bridgehead atoms. The Hall–Kier alpha value is -2.61. The summed E-state index contributed by atoms with van der Waals surface area (Å²) in [6.45, 7) is 0.835. The molecule has 1 saturated heterocycles. The highest BCUT2D eigenvalue weighted by Crippen LogP contribution is 2.18. The number of benzene rings is 2. The molecule has 2 aromatic carbocycles. The van der Waals surface area contributed by atoms with E-state index in [2.05, 4.69) is 5.32 Å². The number of carbonyl (C=O) groups excluding carboxylic acids is 1. The molecule has 1 N–H and O–H groups in total. The topological polar surface area (TPSA) is 75.7 Å². The normalized spacial score (nSPS) is 17.5. The van der Waals surface area contributed by atoms with Crippen LogP contribution in [0, 0.1) is 11.7 Å². The number of hydrogen-bond donors (Lipinski definition) is 1. The third-order valence-corrected chi connectivity index (χ3v) is 7.14. The van der Waals surface area contributed by atoms with Gasteiger partial charge >= 0.3 is 6.03 Å². The highest BCUT2D eigenvalue weighted by molar-refractivity contribution is 7.91. The van der Waals surface area contributed by atoms with Gasteiger partial charge < -0.3 is 15.0 Å². The van der Waals surface area contributed by atoms with Gasteiger partial charge in [-0.2, -0.15) is 0 Å². The molecule has 162 valence electrons. The zero-order chi connectivity index (χ0) is 21.6. The average Bonchev–Trinajstić information content (AvgIpc) is 3.09. The summed E-state index contributed by atoms with van der Waals surface area (Å²) in [6.07, 6.45) is 1.16. The van der Waals surface area contributed by atoms with Crippen LogP contribution in [0.4, 0.5) is 9.18 Å². The smallest absolute Gasteiger partial charge is 0.317 e. The van der Waals surface area contributed by atoms with E-state index in [9.17, 15) is 17.6 Å². The number of carbonyl (C=O) groups is 1. The van der Waals surface area contributed by atoms with E-state index in [0.29, 0.717) is 31.5 Å². The molecule has 6 nitrogen and oxygen atoms in total. The molecule has 0 aliphatic carbocycles. The summed E-state index contributed by atoms with van der Waals surface area (Å²) in [6, 6.07) is 13.6. The first-order valence-electron chi connectivity index (χ1n) is 9.96. The maximum absolute atomic E-state index is 14.1. The van der Waals surface area contributed by atoms with Crippen LogP contribution in [0.15, 0.2) is 48.5 Å². The molecular weight excluding hydrogens is 407 g/mol. The number of halogens is 1. The molecule has 30 heavy (non-hydrogen) atoms. The number of nitrogens with zero attached hydrogens (tertiary/aromatic N) is 1. The van der Waals surface area contributed by atoms with E-state index in [4.69, 9.17) is 4.74 Å². The Labute approximate surface area is 177 Å². The molecule has 0 radical (unpaired) electrons. The number of hydrogen-bond acceptors (Lipinski definition) is 4. The average molecular weight is 435 g/mol. The van der Waals surface area contributed by atoms with Crippen LogP contribution in [0.1, 0.15) is 17.5 Å². The molecule has 1 fully saturated rings. The molecule has 1 aliphatic heterocycles. The summed E-state index contributed by atoms with van der Waals surface area (Å²) in [5.41, 5.74) is 1.47. The monoisotopic (exact) mass is 434 g/mol. The second-order valence-electron chi connectivity index (χ2n) is 7.57. The van der Waals surface area contributed by atoms with E-state index in [1.54, 1.807) is 30.2 Å². The van der Waals surface area contributed by atoms with Crippen molar-refractivity contribution in [2.75, 3.05) is 31.7 Å². The van der Waals surface area contributed by atoms with Crippen LogP contribution < -0.4 is 10.1 Å². The summed E-state index contributed by atoms with van der Waals surface area (Å²) >= 11 is 0. The molecule has 3 rings (SSSR count). The largest absolute Gasteiger partial charge is 0.497 e. The fourth-order valence-corrected chi connectivity index (χ4v) is 5.38. The highest BCUT2D eigenvalue weighted by atomic mass is 32.2. The Morgan fingerprint density at radius 1 is 1.20 bits per heavy atom. The number of methoxy groups -OCH3 is 1. The number of ether oxygens (including phenoxy) is 1. The summed E-state index contributed by atoms with van der Waals surface area (Å²) in [4.78, 5) is 14.4. The van der Waals surface area contributed by atoms with Gasteiger partial charge in [0.1, 0.15) is 11.6 Å². The Bertz CT molecular complexity index is 963. The summed E-state index contributed by atoms with van der Waals surface area (Å²) < 4.78 is 42.6. The second kappa shape index (κ2) is 9.93. The highest BCUT2D eigenvalue weighted by Gasteiger charge is 2.28.